The summed E-state index contributed by atoms with van der Waals surface area (Å²) in [6, 6.07) is -0.938. The maximum Gasteiger partial charge on any atom is 0.220 e. The molecule has 2 fully saturated rings. The first-order valence-electron chi connectivity index (χ1n) is 26.3. The zero-order valence-electron chi connectivity index (χ0n) is 42.7. The third-order valence-corrected chi connectivity index (χ3v) is 11.9. The van der Waals surface area contributed by atoms with Gasteiger partial charge in [-0.15, -0.1) is 0 Å². The maximum atomic E-state index is 13.1. The first-order chi connectivity index (χ1) is 34.6. The summed E-state index contributed by atoms with van der Waals surface area (Å²) in [4.78, 5) is 13.1. The summed E-state index contributed by atoms with van der Waals surface area (Å²) in [6.45, 7) is 2.52. The molecular formula is C57H91NO13. The number of aliphatic hydroxyl groups is 8. The highest BCUT2D eigenvalue weighted by Gasteiger charge is 2.51. The van der Waals surface area contributed by atoms with Crippen molar-refractivity contribution in [1.82, 2.24) is 5.32 Å². The Labute approximate surface area is 425 Å². The topological polar surface area (TPSA) is 228 Å². The van der Waals surface area contributed by atoms with Crippen molar-refractivity contribution in [2.45, 2.75) is 209 Å². The van der Waals surface area contributed by atoms with Crippen LogP contribution in [-0.4, -0.2) is 140 Å². The lowest BCUT2D eigenvalue weighted by Crippen LogP contribution is -2.65. The van der Waals surface area contributed by atoms with Crippen LogP contribution in [0.25, 0.3) is 0 Å². The Bertz CT molecular complexity index is 1650. The predicted molar refractivity (Wildman–Crippen MR) is 281 cm³/mol. The first kappa shape index (κ1) is 63.5. The molecule has 2 aliphatic heterocycles. The fourth-order valence-corrected chi connectivity index (χ4v) is 7.63. The quantitative estimate of drug-likeness (QED) is 0.0216. The van der Waals surface area contributed by atoms with E-state index < -0.39 is 86.8 Å². The van der Waals surface area contributed by atoms with Crippen LogP contribution in [0.3, 0.4) is 0 Å². The van der Waals surface area contributed by atoms with Gasteiger partial charge in [0.15, 0.2) is 12.6 Å². The van der Waals surface area contributed by atoms with E-state index in [-0.39, 0.29) is 18.9 Å². The van der Waals surface area contributed by atoms with Gasteiger partial charge >= 0.3 is 0 Å². The van der Waals surface area contributed by atoms with E-state index in [0.29, 0.717) is 6.42 Å². The second-order valence-electron chi connectivity index (χ2n) is 17.9. The zero-order valence-corrected chi connectivity index (χ0v) is 42.7. The Morgan fingerprint density at radius 2 is 0.972 bits per heavy atom. The average Bonchev–Trinajstić information content (AvgIpc) is 3.37. The lowest BCUT2D eigenvalue weighted by molar-refractivity contribution is -0.359. The van der Waals surface area contributed by atoms with Crippen molar-refractivity contribution >= 4 is 5.91 Å². The molecule has 9 N–H and O–H groups in total. The van der Waals surface area contributed by atoms with Crippen LogP contribution in [0.2, 0.25) is 0 Å². The SMILES string of the molecule is CC/C=C\C/C=C\C/C=C\C/C=C\C/C=C\C/C=C\C/C=C\C/C=C\C/C=C\CCCCCC(=O)NC(COC1OC(CO)C(OC2OC(CO)C(O)C(O)C2O)C(O)C1O)C(O)/C=C/CCCCCC. The summed E-state index contributed by atoms with van der Waals surface area (Å²) in [6.07, 6.45) is 42.9. The van der Waals surface area contributed by atoms with E-state index in [0.717, 1.165) is 109 Å². The van der Waals surface area contributed by atoms with Gasteiger partial charge in [0.05, 0.1) is 32.0 Å². The number of ether oxygens (including phenoxy) is 4. The second-order valence-corrected chi connectivity index (χ2v) is 17.9. The molecule has 0 aliphatic carbocycles. The summed E-state index contributed by atoms with van der Waals surface area (Å²) >= 11 is 0. The van der Waals surface area contributed by atoms with Gasteiger partial charge in [0.1, 0.15) is 48.8 Å². The Kier molecular flexibility index (Phi) is 37.4. The molecular weight excluding hydrogens is 907 g/mol. The summed E-state index contributed by atoms with van der Waals surface area (Å²) in [5.74, 6) is -0.285. The van der Waals surface area contributed by atoms with Crippen LogP contribution < -0.4 is 5.32 Å². The molecule has 0 aromatic carbocycles. The van der Waals surface area contributed by atoms with Crippen LogP contribution in [0.5, 0.6) is 0 Å². The van der Waals surface area contributed by atoms with Crippen molar-refractivity contribution in [3.05, 3.63) is 122 Å². The molecule has 0 bridgehead atoms. The monoisotopic (exact) mass is 998 g/mol. The summed E-state index contributed by atoms with van der Waals surface area (Å²) < 4.78 is 22.5. The van der Waals surface area contributed by atoms with Gasteiger partial charge in [0.2, 0.25) is 5.91 Å². The molecule has 402 valence electrons. The van der Waals surface area contributed by atoms with Gasteiger partial charge in [-0.05, 0) is 89.9 Å². The standard InChI is InChI=1S/C57H91NO13/c1-3-5-7-9-11-12-13-14-15-16-17-18-19-20-21-22-23-24-25-26-27-28-29-30-31-32-33-34-35-37-39-41-49(62)58-45(46(61)40-38-36-10-8-6-4-2)44-68-56-54(67)52(65)55(48(43-60)70-56)71-57-53(66)51(64)50(63)47(42-59)69-57/h5,7,11-12,14-15,17-18,20-21,23-24,26-27,29-30,32-33,38,40,45-48,50-57,59-61,63-67H,3-4,6,8-10,13,16,19,22,25,28,31,34-37,39,41-44H2,1-2H3,(H,58,62)/b7-5-,12-11-,15-14-,18-17-,21-20-,24-23-,27-26-,30-29-,33-32-,40-38+. The van der Waals surface area contributed by atoms with E-state index in [1.807, 2.05) is 6.08 Å². The molecule has 14 heteroatoms. The Morgan fingerprint density at radius 3 is 1.46 bits per heavy atom. The normalized spacial score (nSPS) is 26.8. The van der Waals surface area contributed by atoms with Crippen LogP contribution >= 0.6 is 0 Å². The molecule has 71 heavy (non-hydrogen) atoms. The molecule has 0 saturated carbocycles. The number of carbonyl (C=O) groups is 1. The highest BCUT2D eigenvalue weighted by Crippen LogP contribution is 2.30. The Balaban J connectivity index is 1.69. The van der Waals surface area contributed by atoms with Gasteiger partial charge in [0.25, 0.3) is 0 Å². The van der Waals surface area contributed by atoms with Gasteiger partial charge in [-0.25, -0.2) is 0 Å². The van der Waals surface area contributed by atoms with Gasteiger partial charge in [-0.1, -0.05) is 161 Å². The third kappa shape index (κ3) is 28.4. The Morgan fingerprint density at radius 1 is 0.521 bits per heavy atom. The lowest BCUT2D eigenvalue weighted by Gasteiger charge is -2.46. The zero-order chi connectivity index (χ0) is 51.7. The minimum atomic E-state index is -1.80. The highest BCUT2D eigenvalue weighted by molar-refractivity contribution is 5.76. The molecule has 12 unspecified atom stereocenters. The number of aliphatic hydroxyl groups excluding tert-OH is 8. The minimum absolute atomic E-state index is 0.231. The van der Waals surface area contributed by atoms with Crippen molar-refractivity contribution in [2.75, 3.05) is 19.8 Å². The highest BCUT2D eigenvalue weighted by atomic mass is 16.7. The van der Waals surface area contributed by atoms with Crippen LogP contribution in [-0.2, 0) is 23.7 Å². The number of hydrogen-bond donors (Lipinski definition) is 9. The van der Waals surface area contributed by atoms with Gasteiger partial charge < -0.3 is 65.1 Å². The van der Waals surface area contributed by atoms with Crippen molar-refractivity contribution < 1.29 is 64.6 Å². The van der Waals surface area contributed by atoms with E-state index in [2.05, 4.69) is 129 Å². The van der Waals surface area contributed by atoms with E-state index in [1.54, 1.807) is 6.08 Å². The molecule has 2 heterocycles. The number of carbonyl (C=O) groups excluding carboxylic acids is 1. The third-order valence-electron chi connectivity index (χ3n) is 11.9. The van der Waals surface area contributed by atoms with Crippen LogP contribution in [0, 0.1) is 0 Å². The van der Waals surface area contributed by atoms with Gasteiger partial charge in [-0.2, -0.15) is 0 Å². The molecule has 2 rings (SSSR count). The van der Waals surface area contributed by atoms with Crippen LogP contribution in [0.1, 0.15) is 136 Å². The molecule has 1 amide bonds. The second kappa shape index (κ2) is 41.8. The maximum absolute atomic E-state index is 13.1. The molecule has 0 radical (unpaired) electrons. The number of rotatable bonds is 38. The first-order valence-corrected chi connectivity index (χ1v) is 26.3. The minimum Gasteiger partial charge on any atom is -0.394 e. The molecule has 14 nitrogen and oxygen atoms in total. The van der Waals surface area contributed by atoms with E-state index >= 15 is 0 Å². The molecule has 0 aromatic rings. The van der Waals surface area contributed by atoms with Crippen molar-refractivity contribution in [2.24, 2.45) is 0 Å². The fraction of sp³-hybridized carbons (Fsp3) is 0.632. The molecule has 12 atom stereocenters. The predicted octanol–water partition coefficient (Wildman–Crippen LogP) is 7.49. The largest absolute Gasteiger partial charge is 0.394 e. The number of allylic oxidation sites excluding steroid dienone is 19. The lowest BCUT2D eigenvalue weighted by atomic mass is 9.97. The fourth-order valence-electron chi connectivity index (χ4n) is 7.63. The summed E-state index contributed by atoms with van der Waals surface area (Å²) in [5, 5.41) is 86.3. The number of hydrogen-bond acceptors (Lipinski definition) is 13. The molecule has 0 spiro atoms. The molecule has 0 aromatic heterocycles. The van der Waals surface area contributed by atoms with Gasteiger partial charge in [-0.3, -0.25) is 4.79 Å². The average molecular weight is 998 g/mol. The van der Waals surface area contributed by atoms with E-state index in [9.17, 15) is 45.6 Å². The summed E-state index contributed by atoms with van der Waals surface area (Å²) in [7, 11) is 0. The van der Waals surface area contributed by atoms with Crippen LogP contribution in [0.4, 0.5) is 0 Å². The number of amides is 1. The van der Waals surface area contributed by atoms with E-state index in [4.69, 9.17) is 18.9 Å². The van der Waals surface area contributed by atoms with Crippen LogP contribution in [0.15, 0.2) is 122 Å². The molecule has 2 aliphatic rings. The Hall–Kier alpha value is -3.61. The van der Waals surface area contributed by atoms with Crippen molar-refractivity contribution in [1.29, 1.82) is 0 Å². The number of unbranched alkanes of at least 4 members (excludes halogenated alkanes) is 7. The van der Waals surface area contributed by atoms with Crippen molar-refractivity contribution in [3.8, 4) is 0 Å². The smallest absolute Gasteiger partial charge is 0.220 e. The summed E-state index contributed by atoms with van der Waals surface area (Å²) in [5.41, 5.74) is 0. The van der Waals surface area contributed by atoms with Gasteiger partial charge in [0, 0.05) is 6.42 Å². The van der Waals surface area contributed by atoms with Crippen molar-refractivity contribution in [3.63, 3.8) is 0 Å². The number of nitrogens with one attached hydrogen (secondary N) is 1. The molecule has 2 saturated heterocycles. The van der Waals surface area contributed by atoms with E-state index in [1.165, 1.54) is 0 Å².